The topological polar surface area (TPSA) is 50.4 Å². The molecule has 1 aliphatic rings. The van der Waals surface area contributed by atoms with Crippen molar-refractivity contribution >= 4 is 5.91 Å². The van der Waals surface area contributed by atoms with Crippen molar-refractivity contribution in [3.8, 4) is 0 Å². The Balaban J connectivity index is 1.50. The van der Waals surface area contributed by atoms with Crippen LogP contribution in [-0.4, -0.2) is 25.6 Å². The maximum Gasteiger partial charge on any atom is 0.220 e. The molecule has 1 saturated heterocycles. The number of carbonyl (C=O) groups is 1. The molecular weight excluding hydrogens is 336 g/mol. The Morgan fingerprint density at radius 2 is 1.70 bits per heavy atom. The van der Waals surface area contributed by atoms with E-state index in [1.807, 2.05) is 48.5 Å². The fraction of sp³-hybridized carbons (Fsp3) is 0.435. The van der Waals surface area contributed by atoms with Gasteiger partial charge in [-0.15, -0.1) is 0 Å². The summed E-state index contributed by atoms with van der Waals surface area (Å²) >= 11 is 0. The average molecular weight is 367 g/mol. The minimum absolute atomic E-state index is 0.115. The summed E-state index contributed by atoms with van der Waals surface area (Å²) in [6, 6.07) is 20.1. The maximum atomic E-state index is 12.5. The molecule has 0 bridgehead atoms. The summed E-state index contributed by atoms with van der Waals surface area (Å²) in [6.45, 7) is 3.17. The van der Waals surface area contributed by atoms with Gasteiger partial charge in [-0.3, -0.25) is 4.79 Å². The fourth-order valence-corrected chi connectivity index (χ4v) is 3.55. The van der Waals surface area contributed by atoms with Crippen molar-refractivity contribution in [2.45, 2.75) is 38.3 Å². The summed E-state index contributed by atoms with van der Waals surface area (Å²) in [7, 11) is 0. The highest BCUT2D eigenvalue weighted by atomic mass is 16.5. The molecule has 1 fully saturated rings. The SMILES string of the molecule is O=C(CCC1CCNCC1)NC(COCc1ccccc1)c1ccccc1. The molecule has 1 unspecified atom stereocenters. The van der Waals surface area contributed by atoms with E-state index in [1.165, 1.54) is 12.8 Å². The molecule has 1 heterocycles. The van der Waals surface area contributed by atoms with E-state index in [0.717, 1.165) is 30.6 Å². The predicted octanol–water partition coefficient (Wildman–Crippen LogP) is 3.84. The van der Waals surface area contributed by atoms with Crippen LogP contribution in [0.3, 0.4) is 0 Å². The van der Waals surface area contributed by atoms with Gasteiger partial charge in [-0.2, -0.15) is 0 Å². The summed E-state index contributed by atoms with van der Waals surface area (Å²) in [5.74, 6) is 0.784. The van der Waals surface area contributed by atoms with Crippen LogP contribution >= 0.6 is 0 Å². The molecule has 0 spiro atoms. The van der Waals surface area contributed by atoms with Crippen LogP contribution in [0.25, 0.3) is 0 Å². The fourth-order valence-electron chi connectivity index (χ4n) is 3.55. The zero-order chi connectivity index (χ0) is 18.7. The summed E-state index contributed by atoms with van der Waals surface area (Å²) in [5.41, 5.74) is 2.22. The van der Waals surface area contributed by atoms with Gasteiger partial charge in [0, 0.05) is 6.42 Å². The molecule has 4 heteroatoms. The molecule has 3 rings (SSSR count). The van der Waals surface area contributed by atoms with Gasteiger partial charge in [-0.1, -0.05) is 60.7 Å². The van der Waals surface area contributed by atoms with E-state index >= 15 is 0 Å². The van der Waals surface area contributed by atoms with Gasteiger partial charge in [0.2, 0.25) is 5.91 Å². The molecular formula is C23H30N2O2. The van der Waals surface area contributed by atoms with E-state index in [1.54, 1.807) is 0 Å². The number of nitrogens with one attached hydrogen (secondary N) is 2. The van der Waals surface area contributed by atoms with Gasteiger partial charge >= 0.3 is 0 Å². The summed E-state index contributed by atoms with van der Waals surface area (Å²) < 4.78 is 5.91. The summed E-state index contributed by atoms with van der Waals surface area (Å²) in [5, 5.41) is 6.56. The minimum Gasteiger partial charge on any atom is -0.374 e. The average Bonchev–Trinajstić information content (AvgIpc) is 2.74. The lowest BCUT2D eigenvalue weighted by Crippen LogP contribution is -2.33. The van der Waals surface area contributed by atoms with Gasteiger partial charge in [-0.05, 0) is 49.4 Å². The second-order valence-electron chi connectivity index (χ2n) is 7.26. The third kappa shape index (κ3) is 6.81. The van der Waals surface area contributed by atoms with E-state index in [2.05, 4.69) is 22.8 Å². The monoisotopic (exact) mass is 366 g/mol. The van der Waals surface area contributed by atoms with Gasteiger partial charge in [-0.25, -0.2) is 0 Å². The molecule has 1 aliphatic heterocycles. The molecule has 1 amide bonds. The van der Waals surface area contributed by atoms with Gasteiger partial charge in [0.25, 0.3) is 0 Å². The Morgan fingerprint density at radius 3 is 2.41 bits per heavy atom. The Hall–Kier alpha value is -2.17. The van der Waals surface area contributed by atoms with Crippen LogP contribution in [0.15, 0.2) is 60.7 Å². The van der Waals surface area contributed by atoms with Crippen LogP contribution in [0.1, 0.15) is 42.9 Å². The van der Waals surface area contributed by atoms with Crippen molar-refractivity contribution in [1.82, 2.24) is 10.6 Å². The van der Waals surface area contributed by atoms with Gasteiger partial charge in [0.15, 0.2) is 0 Å². The largest absolute Gasteiger partial charge is 0.374 e. The van der Waals surface area contributed by atoms with Crippen LogP contribution in [0.4, 0.5) is 0 Å². The highest BCUT2D eigenvalue weighted by Crippen LogP contribution is 2.19. The van der Waals surface area contributed by atoms with E-state index in [-0.39, 0.29) is 11.9 Å². The van der Waals surface area contributed by atoms with Gasteiger partial charge in [0.05, 0.1) is 19.3 Å². The number of hydrogen-bond acceptors (Lipinski definition) is 3. The molecule has 0 saturated carbocycles. The van der Waals surface area contributed by atoms with Crippen molar-refractivity contribution in [3.63, 3.8) is 0 Å². The summed E-state index contributed by atoms with van der Waals surface area (Å²) in [4.78, 5) is 12.5. The van der Waals surface area contributed by atoms with Crippen LogP contribution < -0.4 is 10.6 Å². The maximum absolute atomic E-state index is 12.5. The molecule has 144 valence electrons. The van der Waals surface area contributed by atoms with E-state index in [4.69, 9.17) is 4.74 Å². The smallest absolute Gasteiger partial charge is 0.220 e. The van der Waals surface area contributed by atoms with Crippen LogP contribution in [0.2, 0.25) is 0 Å². The third-order valence-electron chi connectivity index (χ3n) is 5.17. The zero-order valence-corrected chi connectivity index (χ0v) is 15.9. The number of rotatable bonds is 9. The first-order valence-corrected chi connectivity index (χ1v) is 9.98. The molecule has 0 radical (unpaired) electrons. The van der Waals surface area contributed by atoms with Crippen molar-refractivity contribution in [2.24, 2.45) is 5.92 Å². The Labute approximate surface area is 162 Å². The Morgan fingerprint density at radius 1 is 1.04 bits per heavy atom. The standard InChI is InChI=1S/C23H30N2O2/c26-23(12-11-19-13-15-24-16-14-19)25-22(21-9-5-2-6-10-21)18-27-17-20-7-3-1-4-8-20/h1-10,19,22,24H,11-18H2,(H,25,26). The molecule has 1 atom stereocenters. The molecule has 2 aromatic rings. The van der Waals surface area contributed by atoms with Crippen LogP contribution in [0, 0.1) is 5.92 Å². The first kappa shape index (κ1) is 19.6. The van der Waals surface area contributed by atoms with Crippen molar-refractivity contribution < 1.29 is 9.53 Å². The van der Waals surface area contributed by atoms with E-state index in [9.17, 15) is 4.79 Å². The van der Waals surface area contributed by atoms with Crippen molar-refractivity contribution in [1.29, 1.82) is 0 Å². The number of carbonyl (C=O) groups excluding carboxylic acids is 1. The zero-order valence-electron chi connectivity index (χ0n) is 15.9. The third-order valence-corrected chi connectivity index (χ3v) is 5.17. The Bertz CT molecular complexity index is 669. The highest BCUT2D eigenvalue weighted by molar-refractivity contribution is 5.76. The molecule has 2 aromatic carbocycles. The van der Waals surface area contributed by atoms with E-state index < -0.39 is 0 Å². The lowest BCUT2D eigenvalue weighted by atomic mass is 9.93. The summed E-state index contributed by atoms with van der Waals surface area (Å²) in [6.07, 6.45) is 3.91. The first-order valence-electron chi connectivity index (χ1n) is 9.98. The number of ether oxygens (including phenoxy) is 1. The van der Waals surface area contributed by atoms with Gasteiger partial charge in [0.1, 0.15) is 0 Å². The number of benzene rings is 2. The van der Waals surface area contributed by atoms with Crippen molar-refractivity contribution in [2.75, 3.05) is 19.7 Å². The number of amides is 1. The highest BCUT2D eigenvalue weighted by Gasteiger charge is 2.18. The van der Waals surface area contributed by atoms with E-state index in [0.29, 0.717) is 25.6 Å². The van der Waals surface area contributed by atoms with Crippen molar-refractivity contribution in [3.05, 3.63) is 71.8 Å². The minimum atomic E-state index is -0.115. The number of piperidine rings is 1. The molecule has 0 aromatic heterocycles. The van der Waals surface area contributed by atoms with Crippen LogP contribution in [0.5, 0.6) is 0 Å². The molecule has 2 N–H and O–H groups in total. The normalized spacial score (nSPS) is 16.0. The lowest BCUT2D eigenvalue weighted by molar-refractivity contribution is -0.122. The van der Waals surface area contributed by atoms with Crippen LogP contribution in [-0.2, 0) is 16.1 Å². The second-order valence-corrected chi connectivity index (χ2v) is 7.26. The molecule has 0 aliphatic carbocycles. The second kappa shape index (κ2) is 10.9. The predicted molar refractivity (Wildman–Crippen MR) is 108 cm³/mol. The van der Waals surface area contributed by atoms with Gasteiger partial charge < -0.3 is 15.4 Å². The Kier molecular flexibility index (Phi) is 7.87. The number of hydrogen-bond donors (Lipinski definition) is 2. The quantitative estimate of drug-likeness (QED) is 0.709. The first-order chi connectivity index (χ1) is 13.3. The molecule has 4 nitrogen and oxygen atoms in total. The lowest BCUT2D eigenvalue weighted by Gasteiger charge is -2.23. The molecule has 27 heavy (non-hydrogen) atoms.